The minimum absolute atomic E-state index is 0.326. The fourth-order valence-corrected chi connectivity index (χ4v) is 2.36. The number of hydrogen-bond donors (Lipinski definition) is 2. The van der Waals surface area contributed by atoms with Gasteiger partial charge in [0.05, 0.1) is 6.04 Å². The molecule has 1 aromatic heterocycles. The summed E-state index contributed by atoms with van der Waals surface area (Å²) in [6.07, 6.45) is 0. The fourth-order valence-electron chi connectivity index (χ4n) is 2.36. The molecule has 0 bridgehead atoms. The number of hydrogen-bond acceptors (Lipinski definition) is 1. The van der Waals surface area contributed by atoms with Crippen molar-refractivity contribution in [1.82, 2.24) is 10.3 Å². The Morgan fingerprint density at radius 3 is 2.64 bits per heavy atom. The maximum absolute atomic E-state index is 13.2. The van der Waals surface area contributed by atoms with E-state index in [2.05, 4.69) is 10.3 Å². The zero-order valence-electron chi connectivity index (χ0n) is 11.9. The minimum Gasteiger partial charge on any atom is -0.351 e. The highest BCUT2D eigenvalue weighted by atomic mass is 19.1. The Kier molecular flexibility index (Phi) is 3.63. The van der Waals surface area contributed by atoms with Gasteiger partial charge >= 0.3 is 0 Å². The zero-order valence-corrected chi connectivity index (χ0v) is 11.9. The Bertz CT molecular complexity index is 842. The molecule has 1 heterocycles. The highest BCUT2D eigenvalue weighted by Crippen LogP contribution is 2.18. The van der Waals surface area contributed by atoms with Crippen molar-refractivity contribution in [3.63, 3.8) is 0 Å². The van der Waals surface area contributed by atoms with E-state index in [0.29, 0.717) is 22.2 Å². The predicted molar refractivity (Wildman–Crippen MR) is 80.5 cm³/mol. The molecule has 0 saturated carbocycles. The Morgan fingerprint density at radius 1 is 1.09 bits per heavy atom. The van der Waals surface area contributed by atoms with Gasteiger partial charge in [-0.05, 0) is 48.9 Å². The molecular formula is C17H14F2N2O. The lowest BCUT2D eigenvalue weighted by Crippen LogP contribution is -2.26. The van der Waals surface area contributed by atoms with E-state index in [0.717, 1.165) is 0 Å². The first-order valence-electron chi connectivity index (χ1n) is 6.87. The highest BCUT2D eigenvalue weighted by Gasteiger charge is 2.14. The normalized spacial score (nSPS) is 12.3. The minimum atomic E-state index is -0.355. The lowest BCUT2D eigenvalue weighted by molar-refractivity contribution is 0.0935. The van der Waals surface area contributed by atoms with Crippen molar-refractivity contribution in [2.75, 3.05) is 0 Å². The number of amides is 1. The molecule has 112 valence electrons. The number of halogens is 2. The molecule has 2 aromatic carbocycles. The van der Waals surface area contributed by atoms with Crippen molar-refractivity contribution in [3.8, 4) is 0 Å². The molecule has 5 heteroatoms. The standard InChI is InChI=1S/C17H14F2N2O/c1-10(11-3-2-4-13(18)7-11)20-17(22)16-9-12-8-14(19)5-6-15(12)21-16/h2-10,21H,1H3,(H,20,22)/t10-/m0/s1. The Balaban J connectivity index is 1.80. The van der Waals surface area contributed by atoms with Crippen LogP contribution in [0.4, 0.5) is 8.78 Å². The van der Waals surface area contributed by atoms with Gasteiger partial charge in [-0.2, -0.15) is 0 Å². The van der Waals surface area contributed by atoms with Crippen LogP contribution in [-0.2, 0) is 0 Å². The molecule has 1 amide bonds. The number of rotatable bonds is 3. The topological polar surface area (TPSA) is 44.9 Å². The number of benzene rings is 2. The first kappa shape index (κ1) is 14.3. The van der Waals surface area contributed by atoms with Gasteiger partial charge in [0, 0.05) is 10.9 Å². The lowest BCUT2D eigenvalue weighted by atomic mass is 10.1. The van der Waals surface area contributed by atoms with Gasteiger partial charge in [-0.3, -0.25) is 4.79 Å². The van der Waals surface area contributed by atoms with Gasteiger partial charge in [0.25, 0.3) is 5.91 Å². The third-order valence-corrected chi connectivity index (χ3v) is 3.52. The van der Waals surface area contributed by atoms with Gasteiger partial charge < -0.3 is 10.3 Å². The first-order valence-corrected chi connectivity index (χ1v) is 6.87. The summed E-state index contributed by atoms with van der Waals surface area (Å²) in [6, 6.07) is 11.6. The van der Waals surface area contributed by atoms with Crippen LogP contribution < -0.4 is 5.32 Å². The van der Waals surface area contributed by atoms with Crippen LogP contribution in [0.5, 0.6) is 0 Å². The van der Waals surface area contributed by atoms with E-state index >= 15 is 0 Å². The van der Waals surface area contributed by atoms with Crippen LogP contribution in [0.1, 0.15) is 29.0 Å². The summed E-state index contributed by atoms with van der Waals surface area (Å²) < 4.78 is 26.4. The fraction of sp³-hybridized carbons (Fsp3) is 0.118. The maximum atomic E-state index is 13.2. The quantitative estimate of drug-likeness (QED) is 0.756. The number of H-pyrrole nitrogens is 1. The summed E-state index contributed by atoms with van der Waals surface area (Å²) >= 11 is 0. The van der Waals surface area contributed by atoms with Crippen LogP contribution in [0.25, 0.3) is 10.9 Å². The molecule has 3 aromatic rings. The second-order valence-electron chi connectivity index (χ2n) is 5.16. The molecule has 0 radical (unpaired) electrons. The third kappa shape index (κ3) is 2.83. The van der Waals surface area contributed by atoms with Crippen molar-refractivity contribution >= 4 is 16.8 Å². The highest BCUT2D eigenvalue weighted by molar-refractivity contribution is 5.98. The van der Waals surface area contributed by atoms with Crippen molar-refractivity contribution in [2.24, 2.45) is 0 Å². The second kappa shape index (κ2) is 5.60. The van der Waals surface area contributed by atoms with E-state index in [4.69, 9.17) is 0 Å². The molecule has 0 aliphatic rings. The summed E-state index contributed by atoms with van der Waals surface area (Å²) in [6.45, 7) is 1.77. The number of carbonyl (C=O) groups is 1. The van der Waals surface area contributed by atoms with Gasteiger partial charge in [0.1, 0.15) is 17.3 Å². The molecular weight excluding hydrogens is 286 g/mol. The van der Waals surface area contributed by atoms with Gasteiger partial charge in [0.2, 0.25) is 0 Å². The molecule has 1 atom stereocenters. The molecule has 0 spiro atoms. The van der Waals surface area contributed by atoms with Gasteiger partial charge in [0.15, 0.2) is 0 Å². The van der Waals surface area contributed by atoms with Gasteiger partial charge in [-0.1, -0.05) is 12.1 Å². The SMILES string of the molecule is C[C@H](NC(=O)c1cc2cc(F)ccc2[nH]1)c1cccc(F)c1. The number of carbonyl (C=O) groups excluding carboxylic acids is 1. The van der Waals surface area contributed by atoms with E-state index in [-0.39, 0.29) is 23.6 Å². The van der Waals surface area contributed by atoms with E-state index in [1.165, 1.54) is 24.3 Å². The van der Waals surface area contributed by atoms with Crippen LogP contribution in [0.2, 0.25) is 0 Å². The Labute approximate surface area is 126 Å². The van der Waals surface area contributed by atoms with Crippen LogP contribution in [0.3, 0.4) is 0 Å². The first-order chi connectivity index (χ1) is 10.5. The molecule has 0 aliphatic carbocycles. The predicted octanol–water partition coefficient (Wildman–Crippen LogP) is 3.94. The number of aromatic nitrogens is 1. The van der Waals surface area contributed by atoms with E-state index in [1.54, 1.807) is 31.2 Å². The lowest BCUT2D eigenvalue weighted by Gasteiger charge is -2.13. The van der Waals surface area contributed by atoms with Crippen LogP contribution in [0.15, 0.2) is 48.5 Å². The molecule has 0 unspecified atom stereocenters. The number of aromatic amines is 1. The maximum Gasteiger partial charge on any atom is 0.268 e. The second-order valence-corrected chi connectivity index (χ2v) is 5.16. The van der Waals surface area contributed by atoms with E-state index < -0.39 is 0 Å². The summed E-state index contributed by atoms with van der Waals surface area (Å²) in [7, 11) is 0. The average Bonchev–Trinajstić information content (AvgIpc) is 2.90. The van der Waals surface area contributed by atoms with Crippen molar-refractivity contribution in [3.05, 3.63) is 71.4 Å². The molecule has 0 fully saturated rings. The number of fused-ring (bicyclic) bond motifs is 1. The Morgan fingerprint density at radius 2 is 1.86 bits per heavy atom. The van der Waals surface area contributed by atoms with Crippen molar-refractivity contribution < 1.29 is 13.6 Å². The van der Waals surface area contributed by atoms with Crippen LogP contribution in [-0.4, -0.2) is 10.9 Å². The largest absolute Gasteiger partial charge is 0.351 e. The summed E-state index contributed by atoms with van der Waals surface area (Å²) in [5, 5.41) is 3.41. The van der Waals surface area contributed by atoms with Gasteiger partial charge in [-0.25, -0.2) is 8.78 Å². The monoisotopic (exact) mass is 300 g/mol. The van der Waals surface area contributed by atoms with Crippen LogP contribution in [0, 0.1) is 11.6 Å². The van der Waals surface area contributed by atoms with E-state index in [1.807, 2.05) is 0 Å². The molecule has 0 aliphatic heterocycles. The molecule has 0 saturated heterocycles. The average molecular weight is 300 g/mol. The summed E-state index contributed by atoms with van der Waals surface area (Å²) in [4.78, 5) is 15.2. The zero-order chi connectivity index (χ0) is 15.7. The Hall–Kier alpha value is -2.69. The third-order valence-electron chi connectivity index (χ3n) is 3.52. The number of nitrogens with one attached hydrogen (secondary N) is 2. The summed E-state index contributed by atoms with van der Waals surface area (Å²) in [5.41, 5.74) is 1.70. The van der Waals surface area contributed by atoms with Gasteiger partial charge in [-0.15, -0.1) is 0 Å². The molecule has 22 heavy (non-hydrogen) atoms. The van der Waals surface area contributed by atoms with E-state index in [9.17, 15) is 13.6 Å². The molecule has 3 nitrogen and oxygen atoms in total. The van der Waals surface area contributed by atoms with Crippen LogP contribution >= 0.6 is 0 Å². The molecule has 2 N–H and O–H groups in total. The van der Waals surface area contributed by atoms with Crippen molar-refractivity contribution in [2.45, 2.75) is 13.0 Å². The smallest absolute Gasteiger partial charge is 0.268 e. The van der Waals surface area contributed by atoms with Crippen molar-refractivity contribution in [1.29, 1.82) is 0 Å². The summed E-state index contributed by atoms with van der Waals surface area (Å²) in [5.74, 6) is -1.03. The molecule has 3 rings (SSSR count).